The van der Waals surface area contributed by atoms with Crippen LogP contribution in [0.3, 0.4) is 0 Å². The van der Waals surface area contributed by atoms with Crippen LogP contribution in [0.4, 0.5) is 5.82 Å². The van der Waals surface area contributed by atoms with Crippen molar-refractivity contribution in [2.24, 2.45) is 0 Å². The average molecular weight is 344 g/mol. The number of rotatable bonds is 6. The van der Waals surface area contributed by atoms with E-state index in [4.69, 9.17) is 9.47 Å². The Hall–Kier alpha value is -2.38. The number of β-amino-alcohol motifs (C(OH)–C–C–N with tert-alkyl or cyclic N) is 1. The molecule has 134 valence electrons. The van der Waals surface area contributed by atoms with E-state index in [1.165, 1.54) is 0 Å². The minimum Gasteiger partial charge on any atom is -0.497 e. The van der Waals surface area contributed by atoms with E-state index in [2.05, 4.69) is 19.8 Å². The first-order valence-corrected chi connectivity index (χ1v) is 8.34. The minimum atomic E-state index is -0.631. The molecule has 0 aliphatic carbocycles. The van der Waals surface area contributed by atoms with Gasteiger partial charge in [-0.1, -0.05) is 0 Å². The Labute approximate surface area is 147 Å². The third-order valence-electron chi connectivity index (χ3n) is 4.47. The first-order chi connectivity index (χ1) is 12.2. The summed E-state index contributed by atoms with van der Waals surface area (Å²) < 4.78 is 10.6. The van der Waals surface area contributed by atoms with Crippen LogP contribution < -0.4 is 14.4 Å². The Morgan fingerprint density at radius 3 is 2.56 bits per heavy atom. The average Bonchev–Trinajstić information content (AvgIpc) is 2.68. The summed E-state index contributed by atoms with van der Waals surface area (Å²) in [5.41, 5.74) is 0.748. The molecule has 0 bridgehead atoms. The highest BCUT2D eigenvalue weighted by Crippen LogP contribution is 2.30. The fraction of sp³-hybridized carbons (Fsp3) is 0.444. The van der Waals surface area contributed by atoms with Crippen LogP contribution in [-0.4, -0.2) is 66.9 Å². The molecule has 0 spiro atoms. The molecule has 7 nitrogen and oxygen atoms in total. The van der Waals surface area contributed by atoms with E-state index < -0.39 is 6.10 Å². The van der Waals surface area contributed by atoms with Crippen molar-refractivity contribution in [1.29, 1.82) is 0 Å². The van der Waals surface area contributed by atoms with Crippen molar-refractivity contribution in [1.82, 2.24) is 14.9 Å². The maximum atomic E-state index is 10.7. The van der Waals surface area contributed by atoms with E-state index in [1.54, 1.807) is 32.8 Å². The molecule has 7 heteroatoms. The maximum Gasteiger partial charge on any atom is 0.147 e. The summed E-state index contributed by atoms with van der Waals surface area (Å²) in [4.78, 5) is 12.9. The lowest BCUT2D eigenvalue weighted by atomic mass is 10.1. The molecule has 3 rings (SSSR count). The molecule has 1 N–H and O–H groups in total. The monoisotopic (exact) mass is 344 g/mol. The van der Waals surface area contributed by atoms with Gasteiger partial charge in [-0.3, -0.25) is 9.88 Å². The SMILES string of the molecule is COc1ccc(OC)c([C@@H](O)CN2CCN(c3cnccn3)CC2)c1. The largest absolute Gasteiger partial charge is 0.497 e. The van der Waals surface area contributed by atoms with Gasteiger partial charge in [0.2, 0.25) is 0 Å². The van der Waals surface area contributed by atoms with Gasteiger partial charge in [-0.25, -0.2) is 4.98 Å². The van der Waals surface area contributed by atoms with Crippen molar-refractivity contribution in [2.45, 2.75) is 6.10 Å². The number of aromatic nitrogens is 2. The summed E-state index contributed by atoms with van der Waals surface area (Å²) in [5.74, 6) is 2.28. The van der Waals surface area contributed by atoms with Gasteiger partial charge in [-0.05, 0) is 18.2 Å². The molecule has 1 aliphatic heterocycles. The van der Waals surface area contributed by atoms with Crippen LogP contribution in [0.25, 0.3) is 0 Å². The lowest BCUT2D eigenvalue weighted by Gasteiger charge is -2.36. The van der Waals surface area contributed by atoms with Crippen LogP contribution in [0.2, 0.25) is 0 Å². The molecule has 1 aromatic carbocycles. The smallest absolute Gasteiger partial charge is 0.147 e. The molecule has 25 heavy (non-hydrogen) atoms. The Kier molecular flexibility index (Phi) is 5.67. The number of methoxy groups -OCH3 is 2. The predicted molar refractivity (Wildman–Crippen MR) is 95.2 cm³/mol. The van der Waals surface area contributed by atoms with E-state index in [0.717, 1.165) is 37.6 Å². The number of hydrogen-bond acceptors (Lipinski definition) is 7. The van der Waals surface area contributed by atoms with Crippen LogP contribution in [0.15, 0.2) is 36.8 Å². The zero-order valence-electron chi connectivity index (χ0n) is 14.6. The van der Waals surface area contributed by atoms with Crippen LogP contribution in [-0.2, 0) is 0 Å². The summed E-state index contributed by atoms with van der Waals surface area (Å²) in [6.45, 7) is 4.00. The molecule has 1 fully saturated rings. The first-order valence-electron chi connectivity index (χ1n) is 8.34. The Bertz CT molecular complexity index is 675. The minimum absolute atomic E-state index is 0.553. The number of aliphatic hydroxyl groups is 1. The third kappa shape index (κ3) is 4.18. The molecular formula is C18H24N4O3. The highest BCUT2D eigenvalue weighted by Gasteiger charge is 2.22. The van der Waals surface area contributed by atoms with Crippen LogP contribution in [0, 0.1) is 0 Å². The van der Waals surface area contributed by atoms with Gasteiger partial charge >= 0.3 is 0 Å². The van der Waals surface area contributed by atoms with Crippen molar-refractivity contribution in [3.63, 3.8) is 0 Å². The first kappa shape index (κ1) is 17.4. The number of piperazine rings is 1. The van der Waals surface area contributed by atoms with Crippen LogP contribution >= 0.6 is 0 Å². The predicted octanol–water partition coefficient (Wildman–Crippen LogP) is 1.35. The summed E-state index contributed by atoms with van der Waals surface area (Å²) in [6.07, 6.45) is 4.54. The van der Waals surface area contributed by atoms with Gasteiger partial charge in [0.15, 0.2) is 0 Å². The number of ether oxygens (including phenoxy) is 2. The van der Waals surface area contributed by atoms with Crippen molar-refractivity contribution in [3.8, 4) is 11.5 Å². The summed E-state index contributed by atoms with van der Waals surface area (Å²) in [5, 5.41) is 10.7. The van der Waals surface area contributed by atoms with Crippen molar-refractivity contribution in [3.05, 3.63) is 42.4 Å². The summed E-state index contributed by atoms with van der Waals surface area (Å²) >= 11 is 0. The van der Waals surface area contributed by atoms with Gasteiger partial charge < -0.3 is 19.5 Å². The highest BCUT2D eigenvalue weighted by atomic mass is 16.5. The molecule has 0 saturated carbocycles. The molecule has 0 unspecified atom stereocenters. The Balaban J connectivity index is 1.60. The van der Waals surface area contributed by atoms with E-state index in [9.17, 15) is 5.11 Å². The van der Waals surface area contributed by atoms with Crippen LogP contribution in [0.1, 0.15) is 11.7 Å². The molecule has 0 radical (unpaired) electrons. The van der Waals surface area contributed by atoms with Gasteiger partial charge in [0, 0.05) is 50.7 Å². The number of aliphatic hydroxyl groups excluding tert-OH is 1. The normalized spacial score (nSPS) is 16.5. The fourth-order valence-corrected chi connectivity index (χ4v) is 3.06. The standard InChI is InChI=1S/C18H24N4O3/c1-24-14-3-4-17(25-2)15(11-14)16(23)13-21-7-9-22(10-8-21)18-12-19-5-6-20-18/h3-6,11-12,16,23H,7-10,13H2,1-2H3/t16-/m0/s1. The summed E-state index contributed by atoms with van der Waals surface area (Å²) in [6, 6.07) is 5.48. The maximum absolute atomic E-state index is 10.7. The fourth-order valence-electron chi connectivity index (χ4n) is 3.06. The van der Waals surface area contributed by atoms with Gasteiger partial charge in [0.1, 0.15) is 17.3 Å². The van der Waals surface area contributed by atoms with Gasteiger partial charge in [-0.15, -0.1) is 0 Å². The highest BCUT2D eigenvalue weighted by molar-refractivity contribution is 5.42. The van der Waals surface area contributed by atoms with Gasteiger partial charge in [0.05, 0.1) is 26.5 Å². The van der Waals surface area contributed by atoms with E-state index >= 15 is 0 Å². The molecule has 2 heterocycles. The van der Waals surface area contributed by atoms with Crippen molar-refractivity contribution < 1.29 is 14.6 Å². The Morgan fingerprint density at radius 1 is 1.12 bits per heavy atom. The zero-order chi connectivity index (χ0) is 17.6. The number of hydrogen-bond donors (Lipinski definition) is 1. The lowest BCUT2D eigenvalue weighted by molar-refractivity contribution is 0.107. The Morgan fingerprint density at radius 2 is 1.92 bits per heavy atom. The molecule has 1 saturated heterocycles. The zero-order valence-corrected chi connectivity index (χ0v) is 14.6. The molecule has 1 aromatic heterocycles. The van der Waals surface area contributed by atoms with Crippen molar-refractivity contribution in [2.75, 3.05) is 51.8 Å². The topological polar surface area (TPSA) is 71.0 Å². The van der Waals surface area contributed by atoms with Crippen molar-refractivity contribution >= 4 is 5.82 Å². The second-order valence-corrected chi connectivity index (χ2v) is 5.97. The molecule has 1 aliphatic rings. The van der Waals surface area contributed by atoms with Gasteiger partial charge in [0.25, 0.3) is 0 Å². The van der Waals surface area contributed by atoms with E-state index in [-0.39, 0.29) is 0 Å². The lowest BCUT2D eigenvalue weighted by Crippen LogP contribution is -2.47. The van der Waals surface area contributed by atoms with E-state index in [1.807, 2.05) is 18.2 Å². The molecule has 2 aromatic rings. The van der Waals surface area contributed by atoms with Crippen LogP contribution in [0.5, 0.6) is 11.5 Å². The number of nitrogens with zero attached hydrogens (tertiary/aromatic N) is 4. The van der Waals surface area contributed by atoms with E-state index in [0.29, 0.717) is 18.0 Å². The third-order valence-corrected chi connectivity index (χ3v) is 4.47. The van der Waals surface area contributed by atoms with Gasteiger partial charge in [-0.2, -0.15) is 0 Å². The second kappa shape index (κ2) is 8.13. The summed E-state index contributed by atoms with van der Waals surface area (Å²) in [7, 11) is 3.22. The number of anilines is 1. The quantitative estimate of drug-likeness (QED) is 0.848. The second-order valence-electron chi connectivity index (χ2n) is 5.97. The molecule has 1 atom stereocenters. The molecule has 0 amide bonds. The molecular weight excluding hydrogens is 320 g/mol. The number of benzene rings is 1.